The summed E-state index contributed by atoms with van der Waals surface area (Å²) in [6, 6.07) is 4.38. The Morgan fingerprint density at radius 1 is 1.32 bits per heavy atom. The molecule has 0 saturated carbocycles. The van der Waals surface area contributed by atoms with Crippen LogP contribution in [0.1, 0.15) is 34.1 Å². The Morgan fingerprint density at radius 3 is 2.57 bits per heavy atom. The van der Waals surface area contributed by atoms with Crippen LogP contribution in [0.15, 0.2) is 40.3 Å². The average molecular weight is 423 g/mol. The van der Waals surface area contributed by atoms with Crippen molar-refractivity contribution in [3.05, 3.63) is 68.4 Å². The SMILES string of the molecule is CCn1[nH]c(C)c(C(=O)c2ccc(S(C)(=O)=O)c(Cn3cccn3)c2Cl)c1=O. The summed E-state index contributed by atoms with van der Waals surface area (Å²) in [5, 5.41) is 6.91. The minimum absolute atomic E-state index is 0.00789. The molecule has 8 nitrogen and oxygen atoms in total. The van der Waals surface area contributed by atoms with Gasteiger partial charge in [0.05, 0.1) is 16.5 Å². The van der Waals surface area contributed by atoms with Crippen LogP contribution in [-0.2, 0) is 22.9 Å². The van der Waals surface area contributed by atoms with E-state index in [2.05, 4.69) is 10.2 Å². The number of sulfone groups is 1. The largest absolute Gasteiger partial charge is 0.299 e. The highest BCUT2D eigenvalue weighted by Crippen LogP contribution is 2.30. The topological polar surface area (TPSA) is 107 Å². The van der Waals surface area contributed by atoms with Crippen LogP contribution in [0, 0.1) is 6.92 Å². The van der Waals surface area contributed by atoms with Crippen LogP contribution >= 0.6 is 11.6 Å². The van der Waals surface area contributed by atoms with Crippen LogP contribution < -0.4 is 5.56 Å². The molecule has 3 rings (SSSR count). The number of ketones is 1. The maximum absolute atomic E-state index is 13.1. The second-order valence-electron chi connectivity index (χ2n) is 6.37. The summed E-state index contributed by atoms with van der Waals surface area (Å²) in [4.78, 5) is 25.6. The van der Waals surface area contributed by atoms with E-state index >= 15 is 0 Å². The molecular formula is C18H19ClN4O4S. The number of H-pyrrole nitrogens is 1. The number of nitrogens with zero attached hydrogens (tertiary/aromatic N) is 3. The molecule has 0 saturated heterocycles. The molecule has 2 heterocycles. The molecule has 28 heavy (non-hydrogen) atoms. The molecule has 148 valence electrons. The van der Waals surface area contributed by atoms with Gasteiger partial charge < -0.3 is 0 Å². The van der Waals surface area contributed by atoms with Crippen molar-refractivity contribution in [2.24, 2.45) is 0 Å². The number of halogens is 1. The molecule has 0 atom stereocenters. The lowest BCUT2D eigenvalue weighted by Crippen LogP contribution is -2.22. The summed E-state index contributed by atoms with van der Waals surface area (Å²) < 4.78 is 27.2. The average Bonchev–Trinajstić information content (AvgIpc) is 3.22. The van der Waals surface area contributed by atoms with Crippen molar-refractivity contribution in [3.63, 3.8) is 0 Å². The summed E-state index contributed by atoms with van der Waals surface area (Å²) in [6.45, 7) is 3.87. The van der Waals surface area contributed by atoms with E-state index in [0.29, 0.717) is 12.2 Å². The van der Waals surface area contributed by atoms with Gasteiger partial charge in [0.25, 0.3) is 5.56 Å². The van der Waals surface area contributed by atoms with E-state index in [9.17, 15) is 18.0 Å². The van der Waals surface area contributed by atoms with Crippen LogP contribution in [0.5, 0.6) is 0 Å². The molecule has 10 heteroatoms. The minimum Gasteiger partial charge on any atom is -0.299 e. The molecule has 0 radical (unpaired) electrons. The molecule has 0 fully saturated rings. The Morgan fingerprint density at radius 2 is 2.04 bits per heavy atom. The van der Waals surface area contributed by atoms with Crippen LogP contribution in [0.4, 0.5) is 0 Å². The van der Waals surface area contributed by atoms with Gasteiger partial charge in [-0.1, -0.05) is 11.6 Å². The van der Waals surface area contributed by atoms with Gasteiger partial charge in [0, 0.05) is 42.0 Å². The zero-order valence-electron chi connectivity index (χ0n) is 15.6. The van der Waals surface area contributed by atoms with Crippen molar-refractivity contribution in [2.75, 3.05) is 6.26 Å². The third-order valence-corrected chi connectivity index (χ3v) is 6.02. The Bertz CT molecular complexity index is 1210. The first-order valence-corrected chi connectivity index (χ1v) is 10.7. The zero-order valence-corrected chi connectivity index (χ0v) is 17.1. The normalized spacial score (nSPS) is 11.7. The molecule has 1 N–H and O–H groups in total. The van der Waals surface area contributed by atoms with E-state index in [1.165, 1.54) is 21.5 Å². The molecule has 0 unspecified atom stereocenters. The van der Waals surface area contributed by atoms with Crippen molar-refractivity contribution in [1.82, 2.24) is 19.6 Å². The summed E-state index contributed by atoms with van der Waals surface area (Å²) in [7, 11) is -3.59. The first kappa shape index (κ1) is 20.1. The fourth-order valence-electron chi connectivity index (χ4n) is 3.06. The van der Waals surface area contributed by atoms with Gasteiger partial charge >= 0.3 is 0 Å². The number of nitrogens with one attached hydrogen (secondary N) is 1. The molecule has 3 aromatic rings. The number of carbonyl (C=O) groups is 1. The van der Waals surface area contributed by atoms with E-state index in [4.69, 9.17) is 11.6 Å². The monoisotopic (exact) mass is 422 g/mol. The van der Waals surface area contributed by atoms with E-state index in [1.54, 1.807) is 32.3 Å². The number of rotatable bonds is 6. The summed E-state index contributed by atoms with van der Waals surface area (Å²) in [5.74, 6) is -0.558. The summed E-state index contributed by atoms with van der Waals surface area (Å²) in [6.07, 6.45) is 4.29. The van der Waals surface area contributed by atoms with Crippen LogP contribution in [0.2, 0.25) is 5.02 Å². The van der Waals surface area contributed by atoms with Gasteiger partial charge in [0.2, 0.25) is 5.78 Å². The van der Waals surface area contributed by atoms with Gasteiger partial charge in [-0.05, 0) is 32.0 Å². The lowest BCUT2D eigenvalue weighted by molar-refractivity contribution is 0.103. The number of hydrogen-bond donors (Lipinski definition) is 1. The number of hydrogen-bond acceptors (Lipinski definition) is 5. The molecule has 0 aliphatic heterocycles. The maximum atomic E-state index is 13.1. The maximum Gasteiger partial charge on any atom is 0.278 e. The smallest absolute Gasteiger partial charge is 0.278 e. The van der Waals surface area contributed by atoms with Gasteiger partial charge in [0.15, 0.2) is 9.84 Å². The number of aromatic nitrogens is 4. The van der Waals surface area contributed by atoms with Crippen molar-refractivity contribution >= 4 is 27.2 Å². The predicted octanol–water partition coefficient (Wildman–Crippen LogP) is 2.04. The Balaban J connectivity index is 2.19. The number of carbonyl (C=O) groups excluding carboxylic acids is 1. The standard InChI is InChI=1S/C18H19ClN4O4S/c1-4-23-18(25)15(11(2)21-23)17(24)12-6-7-14(28(3,26)27)13(16(12)19)10-22-9-5-8-20-22/h5-9,21H,4,10H2,1-3H3. The molecule has 0 amide bonds. The Kier molecular flexibility index (Phi) is 5.31. The Labute approximate surface area is 166 Å². The molecule has 0 spiro atoms. The molecule has 1 aromatic carbocycles. The Hall–Kier alpha value is -2.65. The lowest BCUT2D eigenvalue weighted by atomic mass is 10.0. The first-order chi connectivity index (χ1) is 13.1. The summed E-state index contributed by atoms with van der Waals surface area (Å²) >= 11 is 6.48. The molecule has 0 aliphatic rings. The highest BCUT2D eigenvalue weighted by atomic mass is 35.5. The molecule has 0 bridgehead atoms. The molecule has 2 aromatic heterocycles. The van der Waals surface area contributed by atoms with E-state index in [0.717, 1.165) is 6.26 Å². The van der Waals surface area contributed by atoms with Gasteiger partial charge in [-0.15, -0.1) is 0 Å². The predicted molar refractivity (Wildman–Crippen MR) is 105 cm³/mol. The summed E-state index contributed by atoms with van der Waals surface area (Å²) in [5.41, 5.74) is 0.290. The fraction of sp³-hybridized carbons (Fsp3) is 0.278. The van der Waals surface area contributed by atoms with E-state index < -0.39 is 21.2 Å². The third-order valence-electron chi connectivity index (χ3n) is 4.40. The first-order valence-electron chi connectivity index (χ1n) is 8.48. The number of aromatic amines is 1. The van der Waals surface area contributed by atoms with E-state index in [1.807, 2.05) is 0 Å². The number of aryl methyl sites for hydroxylation is 2. The minimum atomic E-state index is -3.59. The van der Waals surface area contributed by atoms with Crippen LogP contribution in [0.25, 0.3) is 0 Å². The van der Waals surface area contributed by atoms with Gasteiger partial charge in [-0.25, -0.2) is 8.42 Å². The van der Waals surface area contributed by atoms with Gasteiger partial charge in [-0.3, -0.25) is 24.1 Å². The van der Waals surface area contributed by atoms with Crippen molar-refractivity contribution in [3.8, 4) is 0 Å². The van der Waals surface area contributed by atoms with Gasteiger partial charge in [0.1, 0.15) is 5.56 Å². The van der Waals surface area contributed by atoms with Gasteiger partial charge in [-0.2, -0.15) is 5.10 Å². The molecule has 0 aliphatic carbocycles. The molecular weight excluding hydrogens is 404 g/mol. The second kappa shape index (κ2) is 7.40. The highest BCUT2D eigenvalue weighted by Gasteiger charge is 2.26. The quantitative estimate of drug-likeness (QED) is 0.611. The van der Waals surface area contributed by atoms with Crippen molar-refractivity contribution in [2.45, 2.75) is 31.8 Å². The van der Waals surface area contributed by atoms with Crippen LogP contribution in [-0.4, -0.2) is 40.0 Å². The van der Waals surface area contributed by atoms with Crippen molar-refractivity contribution in [1.29, 1.82) is 0 Å². The lowest BCUT2D eigenvalue weighted by Gasteiger charge is -2.13. The van der Waals surface area contributed by atoms with Crippen LogP contribution in [0.3, 0.4) is 0 Å². The highest BCUT2D eigenvalue weighted by molar-refractivity contribution is 7.90. The fourth-order valence-corrected chi connectivity index (χ4v) is 4.35. The third kappa shape index (κ3) is 3.55. The second-order valence-corrected chi connectivity index (χ2v) is 8.73. The number of benzene rings is 1. The van der Waals surface area contributed by atoms with E-state index in [-0.39, 0.29) is 33.2 Å². The zero-order chi connectivity index (χ0) is 20.6. The van der Waals surface area contributed by atoms with Crippen molar-refractivity contribution < 1.29 is 13.2 Å².